The van der Waals surface area contributed by atoms with Crippen LogP contribution in [0.25, 0.3) is 10.6 Å². The Morgan fingerprint density at radius 1 is 1.28 bits per heavy atom. The second kappa shape index (κ2) is 5.45. The van der Waals surface area contributed by atoms with Crippen molar-refractivity contribution in [2.75, 3.05) is 0 Å². The van der Waals surface area contributed by atoms with Crippen LogP contribution in [0.15, 0.2) is 23.1 Å². The lowest BCUT2D eigenvalue weighted by Crippen LogP contribution is -2.00. The quantitative estimate of drug-likeness (QED) is 0.803. The molecule has 0 saturated carbocycles. The first-order valence-corrected chi connectivity index (χ1v) is 7.37. The van der Waals surface area contributed by atoms with Crippen molar-refractivity contribution in [3.63, 3.8) is 0 Å². The maximum absolute atomic E-state index is 13.1. The van der Waals surface area contributed by atoms with Gasteiger partial charge in [-0.25, -0.2) is 9.37 Å². The van der Waals surface area contributed by atoms with Crippen LogP contribution in [-0.4, -0.2) is 9.97 Å². The van der Waals surface area contributed by atoms with Crippen LogP contribution in [0.5, 0.6) is 0 Å². The molecular formula is C13H14BrFN2S. The Labute approximate surface area is 118 Å². The molecule has 0 N–H and O–H groups in total. The molecule has 0 aliphatic rings. The van der Waals surface area contributed by atoms with E-state index in [1.54, 1.807) is 17.5 Å². The van der Waals surface area contributed by atoms with Crippen LogP contribution in [0.3, 0.4) is 0 Å². The summed E-state index contributed by atoms with van der Waals surface area (Å²) in [7, 11) is 0. The van der Waals surface area contributed by atoms with Crippen molar-refractivity contribution >= 4 is 27.3 Å². The minimum atomic E-state index is -0.336. The molecule has 2 aromatic heterocycles. The Balaban J connectivity index is 2.40. The summed E-state index contributed by atoms with van der Waals surface area (Å²) in [5.74, 6) is 0.629. The SMILES string of the molecule is CC(C)C(C)c1sc(-c2cncc(F)c2)nc1Br. The number of nitrogens with zero attached hydrogens (tertiary/aromatic N) is 2. The number of pyridine rings is 1. The molecule has 0 aliphatic heterocycles. The molecule has 2 rings (SSSR count). The van der Waals surface area contributed by atoms with E-state index in [2.05, 4.69) is 46.7 Å². The highest BCUT2D eigenvalue weighted by molar-refractivity contribution is 9.10. The zero-order valence-corrected chi connectivity index (χ0v) is 12.8. The Morgan fingerprint density at radius 2 is 2.00 bits per heavy atom. The van der Waals surface area contributed by atoms with E-state index in [9.17, 15) is 4.39 Å². The van der Waals surface area contributed by atoms with Gasteiger partial charge in [-0.1, -0.05) is 20.8 Å². The molecule has 0 aliphatic carbocycles. The highest BCUT2D eigenvalue weighted by Gasteiger charge is 2.19. The number of halogens is 2. The van der Waals surface area contributed by atoms with Crippen LogP contribution in [-0.2, 0) is 0 Å². The van der Waals surface area contributed by atoms with Gasteiger partial charge < -0.3 is 0 Å². The summed E-state index contributed by atoms with van der Waals surface area (Å²) in [6, 6.07) is 1.46. The van der Waals surface area contributed by atoms with E-state index in [1.807, 2.05) is 0 Å². The molecule has 1 unspecified atom stereocenters. The summed E-state index contributed by atoms with van der Waals surface area (Å²) in [5.41, 5.74) is 0.725. The molecule has 1 atom stereocenters. The summed E-state index contributed by atoms with van der Waals surface area (Å²) in [6.07, 6.45) is 2.84. The minimum absolute atomic E-state index is 0.336. The molecule has 2 heterocycles. The Kier molecular flexibility index (Phi) is 4.12. The summed E-state index contributed by atoms with van der Waals surface area (Å²) >= 11 is 5.08. The van der Waals surface area contributed by atoms with Gasteiger partial charge in [-0.2, -0.15) is 0 Å². The molecule has 0 amide bonds. The van der Waals surface area contributed by atoms with Crippen molar-refractivity contribution in [1.82, 2.24) is 9.97 Å². The summed E-state index contributed by atoms with van der Waals surface area (Å²) in [5, 5.41) is 0.802. The van der Waals surface area contributed by atoms with E-state index >= 15 is 0 Å². The van der Waals surface area contributed by atoms with Crippen LogP contribution >= 0.6 is 27.3 Å². The highest BCUT2D eigenvalue weighted by Crippen LogP contribution is 2.38. The third-order valence-electron chi connectivity index (χ3n) is 2.98. The molecule has 5 heteroatoms. The molecule has 2 nitrogen and oxygen atoms in total. The van der Waals surface area contributed by atoms with Crippen molar-refractivity contribution in [2.45, 2.75) is 26.7 Å². The molecule has 0 aromatic carbocycles. The topological polar surface area (TPSA) is 25.8 Å². The van der Waals surface area contributed by atoms with Crippen LogP contribution in [0.1, 0.15) is 31.6 Å². The van der Waals surface area contributed by atoms with Crippen molar-refractivity contribution in [2.24, 2.45) is 5.92 Å². The largest absolute Gasteiger partial charge is 0.261 e. The van der Waals surface area contributed by atoms with Gasteiger partial charge in [0.15, 0.2) is 0 Å². The number of hydrogen-bond acceptors (Lipinski definition) is 3. The average molecular weight is 329 g/mol. The van der Waals surface area contributed by atoms with Crippen LogP contribution in [0.2, 0.25) is 0 Å². The van der Waals surface area contributed by atoms with Crippen LogP contribution in [0, 0.1) is 11.7 Å². The van der Waals surface area contributed by atoms with Gasteiger partial charge in [0.05, 0.1) is 6.20 Å². The molecule has 0 spiro atoms. The lowest BCUT2D eigenvalue weighted by Gasteiger charge is -2.13. The molecule has 96 valence electrons. The summed E-state index contributed by atoms with van der Waals surface area (Å²) in [4.78, 5) is 9.51. The lowest BCUT2D eigenvalue weighted by atomic mass is 9.97. The van der Waals surface area contributed by atoms with Gasteiger partial charge in [0.1, 0.15) is 15.4 Å². The smallest absolute Gasteiger partial charge is 0.142 e. The molecule has 0 saturated heterocycles. The monoisotopic (exact) mass is 328 g/mol. The van der Waals surface area contributed by atoms with Gasteiger partial charge in [0.2, 0.25) is 0 Å². The predicted molar refractivity (Wildman–Crippen MR) is 76.3 cm³/mol. The normalized spacial score (nSPS) is 13.0. The first-order valence-electron chi connectivity index (χ1n) is 5.76. The van der Waals surface area contributed by atoms with Gasteiger partial charge in [-0.3, -0.25) is 4.98 Å². The van der Waals surface area contributed by atoms with Crippen molar-refractivity contribution in [3.05, 3.63) is 33.8 Å². The molecular weight excluding hydrogens is 315 g/mol. The van der Waals surface area contributed by atoms with E-state index in [0.29, 0.717) is 11.8 Å². The Morgan fingerprint density at radius 3 is 2.61 bits per heavy atom. The van der Waals surface area contributed by atoms with Gasteiger partial charge in [0, 0.05) is 16.6 Å². The lowest BCUT2D eigenvalue weighted by molar-refractivity contribution is 0.540. The third-order valence-corrected chi connectivity index (χ3v) is 5.15. The Bertz CT molecular complexity index is 554. The summed E-state index contributed by atoms with van der Waals surface area (Å²) < 4.78 is 14.0. The zero-order valence-electron chi connectivity index (χ0n) is 10.4. The highest BCUT2D eigenvalue weighted by atomic mass is 79.9. The number of aromatic nitrogens is 2. The van der Waals surface area contributed by atoms with Gasteiger partial charge in [0.25, 0.3) is 0 Å². The molecule has 0 fully saturated rings. The van der Waals surface area contributed by atoms with Crippen LogP contribution < -0.4 is 0 Å². The second-order valence-electron chi connectivity index (χ2n) is 4.60. The van der Waals surface area contributed by atoms with E-state index in [-0.39, 0.29) is 5.82 Å². The van der Waals surface area contributed by atoms with E-state index in [0.717, 1.165) is 15.2 Å². The first kappa shape index (κ1) is 13.6. The fourth-order valence-electron chi connectivity index (χ4n) is 1.55. The first-order chi connectivity index (χ1) is 8.49. The molecule has 2 aromatic rings. The fraction of sp³-hybridized carbons (Fsp3) is 0.385. The van der Waals surface area contributed by atoms with E-state index < -0.39 is 0 Å². The van der Waals surface area contributed by atoms with Gasteiger partial charge in [-0.05, 0) is 33.8 Å². The van der Waals surface area contributed by atoms with E-state index in [4.69, 9.17) is 0 Å². The van der Waals surface area contributed by atoms with Crippen LogP contribution in [0.4, 0.5) is 4.39 Å². The van der Waals surface area contributed by atoms with Crippen molar-refractivity contribution < 1.29 is 4.39 Å². The van der Waals surface area contributed by atoms with Gasteiger partial charge >= 0.3 is 0 Å². The minimum Gasteiger partial charge on any atom is -0.261 e. The maximum atomic E-state index is 13.1. The van der Waals surface area contributed by atoms with Gasteiger partial charge in [-0.15, -0.1) is 11.3 Å². The fourth-order valence-corrected chi connectivity index (χ4v) is 3.61. The summed E-state index contributed by atoms with van der Waals surface area (Å²) in [6.45, 7) is 6.54. The second-order valence-corrected chi connectivity index (χ2v) is 6.38. The van der Waals surface area contributed by atoms with Crippen molar-refractivity contribution in [3.8, 4) is 10.6 Å². The number of thiazole rings is 1. The maximum Gasteiger partial charge on any atom is 0.142 e. The molecule has 18 heavy (non-hydrogen) atoms. The zero-order chi connectivity index (χ0) is 13.3. The Hall–Kier alpha value is -0.810. The number of hydrogen-bond donors (Lipinski definition) is 0. The number of rotatable bonds is 3. The predicted octanol–water partition coefficient (Wildman–Crippen LogP) is 4.87. The third kappa shape index (κ3) is 2.78. The molecule has 0 bridgehead atoms. The average Bonchev–Trinajstić information content (AvgIpc) is 2.70. The van der Waals surface area contributed by atoms with Crippen molar-refractivity contribution in [1.29, 1.82) is 0 Å². The molecule has 0 radical (unpaired) electrons. The van der Waals surface area contributed by atoms with E-state index in [1.165, 1.54) is 17.1 Å². The standard InChI is InChI=1S/C13H14BrFN2S/c1-7(2)8(3)11-12(14)17-13(18-11)9-4-10(15)6-16-5-9/h4-8H,1-3H3.